The van der Waals surface area contributed by atoms with E-state index in [-0.39, 0.29) is 5.91 Å². The van der Waals surface area contributed by atoms with E-state index in [1.807, 2.05) is 38.1 Å². The molecule has 1 aromatic carbocycles. The number of amides is 1. The number of nitrogens with one attached hydrogen (secondary N) is 1. The summed E-state index contributed by atoms with van der Waals surface area (Å²) in [5.41, 5.74) is 8.16. The summed E-state index contributed by atoms with van der Waals surface area (Å²) in [7, 11) is 0. The molecule has 0 radical (unpaired) electrons. The van der Waals surface area contributed by atoms with Crippen LogP contribution in [0.2, 0.25) is 0 Å². The molecular formula is C17H21N3O2. The Kier molecular flexibility index (Phi) is 5.49. The number of hydrogen-bond acceptors (Lipinski definition) is 4. The lowest BCUT2D eigenvalue weighted by atomic mass is 10.2. The zero-order valence-electron chi connectivity index (χ0n) is 12.9. The first-order valence-corrected chi connectivity index (χ1v) is 7.29. The van der Waals surface area contributed by atoms with Gasteiger partial charge in [0.15, 0.2) is 0 Å². The van der Waals surface area contributed by atoms with Gasteiger partial charge in [0, 0.05) is 30.4 Å². The molecule has 0 aliphatic heterocycles. The van der Waals surface area contributed by atoms with E-state index in [4.69, 9.17) is 10.5 Å². The maximum absolute atomic E-state index is 11.8. The van der Waals surface area contributed by atoms with E-state index in [0.29, 0.717) is 36.7 Å². The summed E-state index contributed by atoms with van der Waals surface area (Å²) >= 11 is 0. The van der Waals surface area contributed by atoms with Gasteiger partial charge in [0.25, 0.3) is 0 Å². The van der Waals surface area contributed by atoms with Gasteiger partial charge in [-0.3, -0.25) is 4.79 Å². The van der Waals surface area contributed by atoms with Gasteiger partial charge in [-0.15, -0.1) is 0 Å². The van der Waals surface area contributed by atoms with Crippen molar-refractivity contribution >= 4 is 11.6 Å². The Hall–Kier alpha value is -2.40. The number of nitrogens with two attached hydrogens (primary N) is 1. The van der Waals surface area contributed by atoms with Gasteiger partial charge in [0.1, 0.15) is 5.75 Å². The van der Waals surface area contributed by atoms with Gasteiger partial charge in [-0.1, -0.05) is 6.07 Å². The van der Waals surface area contributed by atoms with Crippen molar-refractivity contribution in [1.82, 2.24) is 4.98 Å². The fourth-order valence-corrected chi connectivity index (χ4v) is 1.95. The van der Waals surface area contributed by atoms with Crippen LogP contribution < -0.4 is 15.8 Å². The number of aromatic nitrogens is 1. The molecule has 1 heterocycles. The normalized spacial score (nSPS) is 10.3. The fraction of sp³-hybridized carbons (Fsp3) is 0.294. The third kappa shape index (κ3) is 4.56. The molecule has 2 rings (SSSR count). The number of aryl methyl sites for hydroxylation is 2. The van der Waals surface area contributed by atoms with Gasteiger partial charge in [0.2, 0.25) is 11.8 Å². The van der Waals surface area contributed by atoms with E-state index in [2.05, 4.69) is 10.3 Å². The highest BCUT2D eigenvalue weighted by atomic mass is 16.5. The van der Waals surface area contributed by atoms with Crippen molar-refractivity contribution < 1.29 is 9.53 Å². The molecule has 0 aliphatic rings. The summed E-state index contributed by atoms with van der Waals surface area (Å²) in [4.78, 5) is 15.9. The third-order valence-corrected chi connectivity index (χ3v) is 3.18. The smallest absolute Gasteiger partial charge is 0.224 e. The quantitative estimate of drug-likeness (QED) is 0.859. The van der Waals surface area contributed by atoms with Crippen LogP contribution in [0.3, 0.4) is 0 Å². The first-order valence-electron chi connectivity index (χ1n) is 7.29. The molecule has 5 nitrogen and oxygen atoms in total. The topological polar surface area (TPSA) is 77.2 Å². The molecule has 0 bridgehead atoms. The molecule has 0 unspecified atom stereocenters. The van der Waals surface area contributed by atoms with Crippen LogP contribution >= 0.6 is 0 Å². The molecule has 0 fully saturated rings. The molecule has 0 atom stereocenters. The molecule has 0 aliphatic carbocycles. The predicted octanol–water partition coefficient (Wildman–Crippen LogP) is 3.17. The molecule has 1 amide bonds. The Morgan fingerprint density at radius 3 is 2.82 bits per heavy atom. The lowest BCUT2D eigenvalue weighted by Crippen LogP contribution is -2.13. The highest BCUT2D eigenvalue weighted by Gasteiger charge is 2.07. The molecule has 1 aromatic heterocycles. The van der Waals surface area contributed by atoms with E-state index < -0.39 is 0 Å². The van der Waals surface area contributed by atoms with Gasteiger partial charge in [-0.25, -0.2) is 4.98 Å². The summed E-state index contributed by atoms with van der Waals surface area (Å²) < 4.78 is 5.81. The minimum atomic E-state index is -0.0473. The number of hydrogen-bond donors (Lipinski definition) is 2. The van der Waals surface area contributed by atoms with E-state index in [0.717, 1.165) is 11.1 Å². The number of carbonyl (C=O) groups excluding carboxylic acids is 1. The monoisotopic (exact) mass is 299 g/mol. The summed E-state index contributed by atoms with van der Waals surface area (Å²) in [5, 5.41) is 2.85. The van der Waals surface area contributed by atoms with Crippen molar-refractivity contribution in [2.75, 3.05) is 11.9 Å². The van der Waals surface area contributed by atoms with Crippen LogP contribution in [0.25, 0.3) is 0 Å². The lowest BCUT2D eigenvalue weighted by Gasteiger charge is -2.11. The fourth-order valence-electron chi connectivity index (χ4n) is 1.95. The second-order valence-corrected chi connectivity index (χ2v) is 5.19. The Labute approximate surface area is 130 Å². The van der Waals surface area contributed by atoms with Gasteiger partial charge in [-0.2, -0.15) is 0 Å². The summed E-state index contributed by atoms with van der Waals surface area (Å²) in [6.45, 7) is 4.44. The third-order valence-electron chi connectivity index (χ3n) is 3.18. The van der Waals surface area contributed by atoms with Crippen molar-refractivity contribution in [3.8, 4) is 11.6 Å². The van der Waals surface area contributed by atoms with Crippen LogP contribution in [0.4, 0.5) is 5.69 Å². The number of ether oxygens (including phenoxy) is 1. The summed E-state index contributed by atoms with van der Waals surface area (Å²) in [5.74, 6) is 1.17. The Bertz CT molecular complexity index is 656. The highest BCUT2D eigenvalue weighted by Crippen LogP contribution is 2.27. The summed E-state index contributed by atoms with van der Waals surface area (Å²) in [6.07, 6.45) is 2.80. The maximum atomic E-state index is 11.8. The van der Waals surface area contributed by atoms with Crippen LogP contribution in [-0.4, -0.2) is 17.4 Å². The maximum Gasteiger partial charge on any atom is 0.224 e. The second kappa shape index (κ2) is 7.56. The van der Waals surface area contributed by atoms with Crippen LogP contribution in [0.1, 0.15) is 24.0 Å². The van der Waals surface area contributed by atoms with Crippen molar-refractivity contribution in [3.05, 3.63) is 47.7 Å². The first kappa shape index (κ1) is 16.0. The van der Waals surface area contributed by atoms with Gasteiger partial charge in [-0.05, 0) is 50.1 Å². The van der Waals surface area contributed by atoms with Crippen molar-refractivity contribution in [2.45, 2.75) is 26.7 Å². The van der Waals surface area contributed by atoms with Crippen molar-refractivity contribution in [3.63, 3.8) is 0 Å². The van der Waals surface area contributed by atoms with Gasteiger partial charge in [0.05, 0.1) is 0 Å². The Morgan fingerprint density at radius 1 is 1.27 bits per heavy atom. The van der Waals surface area contributed by atoms with Crippen molar-refractivity contribution in [2.24, 2.45) is 5.73 Å². The highest BCUT2D eigenvalue weighted by molar-refractivity contribution is 5.90. The minimum Gasteiger partial charge on any atom is -0.439 e. The largest absolute Gasteiger partial charge is 0.439 e. The number of nitrogens with zero attached hydrogens (tertiary/aromatic N) is 1. The number of benzene rings is 1. The van der Waals surface area contributed by atoms with E-state index in [1.54, 1.807) is 12.3 Å². The van der Waals surface area contributed by atoms with Crippen LogP contribution in [0.5, 0.6) is 11.6 Å². The van der Waals surface area contributed by atoms with E-state index >= 15 is 0 Å². The molecule has 0 saturated carbocycles. The molecule has 3 N–H and O–H groups in total. The average molecular weight is 299 g/mol. The molecular weight excluding hydrogens is 278 g/mol. The van der Waals surface area contributed by atoms with Gasteiger partial charge < -0.3 is 15.8 Å². The van der Waals surface area contributed by atoms with Crippen LogP contribution in [0.15, 0.2) is 36.5 Å². The standard InChI is InChI=1S/C17H21N3O2/c1-12-7-9-19-17(10-12)22-15-11-14(6-5-13(15)2)20-16(21)4-3-8-18/h5-7,9-11H,3-4,8,18H2,1-2H3,(H,20,21). The van der Waals surface area contributed by atoms with Crippen molar-refractivity contribution in [1.29, 1.82) is 0 Å². The minimum absolute atomic E-state index is 0.0473. The number of rotatable bonds is 6. The SMILES string of the molecule is Cc1ccnc(Oc2cc(NC(=O)CCCN)ccc2C)c1. The van der Waals surface area contributed by atoms with Crippen LogP contribution in [0, 0.1) is 13.8 Å². The summed E-state index contributed by atoms with van der Waals surface area (Å²) in [6, 6.07) is 9.34. The molecule has 116 valence electrons. The zero-order chi connectivity index (χ0) is 15.9. The number of pyridine rings is 1. The zero-order valence-corrected chi connectivity index (χ0v) is 12.9. The second-order valence-electron chi connectivity index (χ2n) is 5.19. The first-order chi connectivity index (χ1) is 10.6. The van der Waals surface area contributed by atoms with E-state index in [1.165, 1.54) is 0 Å². The average Bonchev–Trinajstić information content (AvgIpc) is 2.48. The van der Waals surface area contributed by atoms with E-state index in [9.17, 15) is 4.79 Å². The molecule has 0 spiro atoms. The molecule has 0 saturated heterocycles. The molecule has 5 heteroatoms. The number of anilines is 1. The molecule has 22 heavy (non-hydrogen) atoms. The Morgan fingerprint density at radius 2 is 2.09 bits per heavy atom. The lowest BCUT2D eigenvalue weighted by molar-refractivity contribution is -0.116. The van der Waals surface area contributed by atoms with Crippen LogP contribution in [-0.2, 0) is 4.79 Å². The molecule has 2 aromatic rings. The Balaban J connectivity index is 2.11. The number of carbonyl (C=O) groups is 1. The van der Waals surface area contributed by atoms with Gasteiger partial charge >= 0.3 is 0 Å². The predicted molar refractivity (Wildman–Crippen MR) is 87.1 cm³/mol.